The van der Waals surface area contributed by atoms with Crippen LogP contribution < -0.4 is 25.9 Å². The van der Waals surface area contributed by atoms with E-state index in [1.807, 2.05) is 0 Å². The molecule has 2 aliphatic rings. The van der Waals surface area contributed by atoms with Crippen molar-refractivity contribution in [1.29, 1.82) is 0 Å². The van der Waals surface area contributed by atoms with Gasteiger partial charge in [-0.15, -0.1) is 174 Å². The molecule has 14 rings (SSSR count). The average Bonchev–Trinajstić information content (AvgIpc) is 0.889. The van der Waals surface area contributed by atoms with E-state index in [-0.39, 0.29) is 101 Å². The molecule has 0 saturated heterocycles. The molecule has 0 unspecified atom stereocenters. The Kier molecular flexibility index (Phi) is 41.4. The molecule has 5 heterocycles. The number of hydrogen-bond acceptors (Lipinski definition) is 5. The molecular formula is C107H134Ir5N5Si5-5. The van der Waals surface area contributed by atoms with Gasteiger partial charge in [-0.2, -0.15) is 0 Å². The van der Waals surface area contributed by atoms with Crippen molar-refractivity contribution in [3.63, 3.8) is 0 Å². The van der Waals surface area contributed by atoms with Gasteiger partial charge in [0, 0.05) is 132 Å². The van der Waals surface area contributed by atoms with Crippen molar-refractivity contribution >= 4 is 66.3 Å². The Morgan fingerprint density at radius 1 is 0.303 bits per heavy atom. The van der Waals surface area contributed by atoms with Crippen LogP contribution in [0.4, 0.5) is 0 Å². The minimum Gasteiger partial charge on any atom is -0.305 e. The zero-order valence-electron chi connectivity index (χ0n) is 78.0. The fourth-order valence-electron chi connectivity index (χ4n) is 16.5. The minimum atomic E-state index is -1.48. The maximum atomic E-state index is 4.98. The second-order valence-corrected chi connectivity index (χ2v) is 64.8. The van der Waals surface area contributed by atoms with Gasteiger partial charge < -0.3 is 24.9 Å². The number of rotatable bonds is 16. The van der Waals surface area contributed by atoms with E-state index in [0.29, 0.717) is 11.8 Å². The molecule has 0 spiro atoms. The van der Waals surface area contributed by atoms with Gasteiger partial charge in [0.15, 0.2) is 0 Å². The van der Waals surface area contributed by atoms with Gasteiger partial charge in [0.1, 0.15) is 0 Å². The first-order valence-corrected chi connectivity index (χ1v) is 60.7. The Hall–Kier alpha value is -5.38. The smallest absolute Gasteiger partial charge is 0.0803 e. The van der Waals surface area contributed by atoms with Crippen LogP contribution in [0.3, 0.4) is 0 Å². The standard InChI is InChI=1S/C22H24NSi.C22H30NSi.C22H24NSi.C21H28NSi.C20H28NSi.5Ir/c1-16-11-17(2)13-19(12-16)21-14-20(18-9-7-6-8-10-18)22(15-23-21)24(3,4)5;2*1-16-11-17(2)13-19(12-16)22-21(18-9-7-6-8-10-18)14-20(15-23-22)24(3,4)5;1-15-10-16(2)12-18(11-15)20-13-19(17-8-6-7-9-17)21(14-22-20)23(3,4)5;1-14(2)8-17-12-19(22(5,6)7)13-21-20(17)18-10-15(3)9-16(4)11-18;;;;;/h6-12,14-15H,1-5H3;11-12,14-15,18H,6-10H2,1-5H3;6-12,14-15H,1-5H3;10-11,13-14,17H,6-9H2,1-5H3;9-10,12-14H,8H2,1-7H3;;;;;/q5*-1;;;;;. The summed E-state index contributed by atoms with van der Waals surface area (Å²) in [5, 5.41) is 7.27. The van der Waals surface area contributed by atoms with Gasteiger partial charge >= 0.3 is 0 Å². The fourth-order valence-corrected chi connectivity index (χ4v) is 22.7. The van der Waals surface area contributed by atoms with Gasteiger partial charge in [-0.25, -0.2) is 0 Å². The quantitative estimate of drug-likeness (QED) is 0.0712. The Bertz CT molecular complexity index is 5290. The van der Waals surface area contributed by atoms with Gasteiger partial charge in [-0.1, -0.05) is 321 Å². The fraction of sp³-hybridized carbons (Fsp3) is 0.374. The van der Waals surface area contributed by atoms with E-state index in [1.54, 1.807) is 10.8 Å². The summed E-state index contributed by atoms with van der Waals surface area (Å²) in [5.41, 5.74) is 32.7. The molecule has 0 atom stereocenters. The Labute approximate surface area is 810 Å². The second kappa shape index (κ2) is 47.1. The first-order valence-electron chi connectivity index (χ1n) is 43.2. The average molecular weight is 2590 g/mol. The van der Waals surface area contributed by atoms with Gasteiger partial charge in [0.05, 0.1) is 40.4 Å². The first-order chi connectivity index (χ1) is 55.0. The molecule has 5 nitrogen and oxygen atoms in total. The largest absolute Gasteiger partial charge is 0.305 e. The second-order valence-electron chi connectivity index (χ2n) is 39.5. The van der Waals surface area contributed by atoms with Crippen molar-refractivity contribution in [3.8, 4) is 78.5 Å². The van der Waals surface area contributed by atoms with Crippen molar-refractivity contribution in [2.75, 3.05) is 0 Å². The number of pyridine rings is 5. The van der Waals surface area contributed by atoms with Crippen molar-refractivity contribution < 1.29 is 101 Å². The van der Waals surface area contributed by atoms with Crippen LogP contribution in [0.5, 0.6) is 0 Å². The van der Waals surface area contributed by atoms with Crippen molar-refractivity contribution in [2.24, 2.45) is 5.92 Å². The summed E-state index contributed by atoms with van der Waals surface area (Å²) in [7, 11) is -6.94. The zero-order chi connectivity index (χ0) is 85.1. The van der Waals surface area contributed by atoms with Gasteiger partial charge in [-0.3, -0.25) is 0 Å². The third kappa shape index (κ3) is 30.4. The predicted molar refractivity (Wildman–Crippen MR) is 521 cm³/mol. The molecule has 657 valence electrons. The van der Waals surface area contributed by atoms with Crippen LogP contribution in [-0.4, -0.2) is 65.3 Å². The number of benzene rings is 7. The van der Waals surface area contributed by atoms with E-state index in [4.69, 9.17) is 24.9 Å². The number of aromatic nitrogens is 5. The molecule has 0 bridgehead atoms. The monoisotopic (exact) mass is 2590 g/mol. The van der Waals surface area contributed by atoms with E-state index in [2.05, 4.69) is 394 Å². The molecule has 2 saturated carbocycles. The van der Waals surface area contributed by atoms with Crippen LogP contribution in [0.1, 0.15) is 156 Å². The summed E-state index contributed by atoms with van der Waals surface area (Å²) >= 11 is 0. The molecule has 0 N–H and O–H groups in total. The topological polar surface area (TPSA) is 64.5 Å². The maximum Gasteiger partial charge on any atom is 0.0803 e. The zero-order valence-corrected chi connectivity index (χ0v) is 95.0. The van der Waals surface area contributed by atoms with E-state index >= 15 is 0 Å². The first kappa shape index (κ1) is 107. The summed E-state index contributed by atoms with van der Waals surface area (Å²) in [5.74, 6) is 2.04. The molecule has 2 aliphatic carbocycles. The van der Waals surface area contributed by atoms with Crippen molar-refractivity contribution in [2.45, 2.75) is 257 Å². The molecule has 2 fully saturated rings. The molecule has 122 heavy (non-hydrogen) atoms. The van der Waals surface area contributed by atoms with Crippen LogP contribution in [0.25, 0.3) is 78.5 Å². The number of hydrogen-bond donors (Lipinski definition) is 0. The summed E-state index contributed by atoms with van der Waals surface area (Å²) in [6.45, 7) is 61.7. The molecule has 5 radical (unpaired) electrons. The van der Waals surface area contributed by atoms with Crippen LogP contribution in [-0.2, 0) is 107 Å². The van der Waals surface area contributed by atoms with Gasteiger partial charge in [0.25, 0.3) is 0 Å². The van der Waals surface area contributed by atoms with Crippen LogP contribution in [0.2, 0.25) is 98.2 Å². The SMILES string of the molecule is Cc1[c-]c(-c2cc(-c3ccccc3)c([Si](C)(C)C)cn2)cc(C)c1.Cc1[c-]c(-c2cc(C3CCCC3)c([Si](C)(C)C)cn2)cc(C)c1.Cc1[c-]c(-c2ncc([Si](C)(C)C)cc2-c2ccccc2)cc(C)c1.Cc1[c-]c(-c2ncc([Si](C)(C)C)cc2C2CCCCC2)cc(C)c1.Cc1[c-]c(-c2ncc([Si](C)(C)C)cc2CC(C)C)cc(C)c1.[Ir].[Ir].[Ir].[Ir].[Ir]. The van der Waals surface area contributed by atoms with E-state index in [9.17, 15) is 0 Å². The molecule has 0 amide bonds. The summed E-state index contributed by atoms with van der Waals surface area (Å²) in [6, 6.07) is 72.4. The predicted octanol–water partition coefficient (Wildman–Crippen LogP) is 26.8. The van der Waals surface area contributed by atoms with E-state index in [0.717, 1.165) is 68.5 Å². The van der Waals surface area contributed by atoms with Crippen LogP contribution >= 0.6 is 0 Å². The molecule has 0 aliphatic heterocycles. The third-order valence-corrected chi connectivity index (χ3v) is 32.6. The molecular weight excluding hydrogens is 2460 g/mol. The summed E-state index contributed by atoms with van der Waals surface area (Å²) < 4.78 is 0. The summed E-state index contributed by atoms with van der Waals surface area (Å²) in [4.78, 5) is 24.3. The number of nitrogens with zero attached hydrogens (tertiary/aromatic N) is 5. The molecule has 5 aromatic heterocycles. The van der Waals surface area contributed by atoms with Crippen molar-refractivity contribution in [3.05, 3.63) is 285 Å². The van der Waals surface area contributed by atoms with E-state index in [1.165, 1.54) is 168 Å². The molecule has 15 heteroatoms. The maximum absolute atomic E-state index is 4.98. The van der Waals surface area contributed by atoms with Crippen molar-refractivity contribution in [1.82, 2.24) is 24.9 Å². The third-order valence-electron chi connectivity index (χ3n) is 22.5. The number of aryl methyl sites for hydroxylation is 10. The normalized spacial score (nSPS) is 13.0. The molecule has 12 aromatic rings. The Morgan fingerprint density at radius 2 is 0.631 bits per heavy atom. The molecule has 7 aromatic carbocycles. The van der Waals surface area contributed by atoms with Crippen LogP contribution in [0.15, 0.2) is 183 Å². The Balaban J connectivity index is 0.000000268. The summed E-state index contributed by atoms with van der Waals surface area (Å²) in [6.07, 6.45) is 23.8. The van der Waals surface area contributed by atoms with E-state index < -0.39 is 40.4 Å². The Morgan fingerprint density at radius 3 is 1.03 bits per heavy atom. The van der Waals surface area contributed by atoms with Gasteiger partial charge in [-0.05, 0) is 127 Å². The van der Waals surface area contributed by atoms with Gasteiger partial charge in [0.2, 0.25) is 0 Å². The minimum absolute atomic E-state index is 0. The van der Waals surface area contributed by atoms with Crippen LogP contribution in [0, 0.1) is 105 Å².